The van der Waals surface area contributed by atoms with E-state index in [9.17, 15) is 9.59 Å². The number of hydrogen-bond donors (Lipinski definition) is 0. The van der Waals surface area contributed by atoms with Crippen LogP contribution in [-0.2, 0) is 9.47 Å². The molecule has 0 bridgehead atoms. The SMILES string of the molecule is COC(=O)c1c(C)nc(C)c(C(=O)OC2CCCC2)c1-c1cccc2nonc12. The summed E-state index contributed by atoms with van der Waals surface area (Å²) in [6.07, 6.45) is 3.63. The second kappa shape index (κ2) is 7.62. The summed E-state index contributed by atoms with van der Waals surface area (Å²) in [7, 11) is 1.29. The molecule has 1 fully saturated rings. The number of nitrogens with zero attached hydrogens (tertiary/aromatic N) is 3. The van der Waals surface area contributed by atoms with Gasteiger partial charge in [-0.2, -0.15) is 0 Å². The fourth-order valence-corrected chi connectivity index (χ4v) is 3.95. The van der Waals surface area contributed by atoms with E-state index < -0.39 is 11.9 Å². The molecule has 0 spiro atoms. The fraction of sp³-hybridized carbons (Fsp3) is 0.381. The summed E-state index contributed by atoms with van der Waals surface area (Å²) in [4.78, 5) is 30.3. The molecule has 0 unspecified atom stereocenters. The molecule has 1 aromatic carbocycles. The van der Waals surface area contributed by atoms with Crippen LogP contribution in [0.15, 0.2) is 22.8 Å². The second-order valence-corrected chi connectivity index (χ2v) is 7.15. The van der Waals surface area contributed by atoms with Gasteiger partial charge in [-0.25, -0.2) is 14.2 Å². The van der Waals surface area contributed by atoms with E-state index in [1.54, 1.807) is 32.0 Å². The minimum Gasteiger partial charge on any atom is -0.465 e. The molecule has 2 aromatic heterocycles. The van der Waals surface area contributed by atoms with Crippen LogP contribution in [0, 0.1) is 13.8 Å². The Balaban J connectivity index is 1.98. The van der Waals surface area contributed by atoms with Crippen molar-refractivity contribution in [3.8, 4) is 11.1 Å². The van der Waals surface area contributed by atoms with Gasteiger partial charge in [0.2, 0.25) is 0 Å². The number of esters is 2. The first kappa shape index (κ1) is 19.0. The molecular formula is C21H21N3O5. The van der Waals surface area contributed by atoms with E-state index in [-0.39, 0.29) is 17.2 Å². The van der Waals surface area contributed by atoms with Gasteiger partial charge in [0.15, 0.2) is 0 Å². The van der Waals surface area contributed by atoms with E-state index in [1.807, 2.05) is 0 Å². The van der Waals surface area contributed by atoms with Gasteiger partial charge in [0, 0.05) is 11.1 Å². The van der Waals surface area contributed by atoms with Gasteiger partial charge in [0.05, 0.1) is 29.6 Å². The first-order chi connectivity index (χ1) is 14.0. The largest absolute Gasteiger partial charge is 0.465 e. The summed E-state index contributed by atoms with van der Waals surface area (Å²) in [5.41, 5.74) is 3.24. The number of carbonyl (C=O) groups excluding carboxylic acids is 2. The number of pyridine rings is 1. The van der Waals surface area contributed by atoms with Crippen LogP contribution in [0.4, 0.5) is 0 Å². The predicted octanol–water partition coefficient (Wildman–Crippen LogP) is 3.79. The lowest BCUT2D eigenvalue weighted by atomic mass is 9.91. The Morgan fingerprint density at radius 3 is 2.41 bits per heavy atom. The van der Waals surface area contributed by atoms with E-state index in [0.29, 0.717) is 33.5 Å². The molecule has 8 heteroatoms. The molecule has 0 saturated heterocycles. The summed E-state index contributed by atoms with van der Waals surface area (Å²) in [6, 6.07) is 5.27. The summed E-state index contributed by atoms with van der Waals surface area (Å²) < 4.78 is 15.6. The Labute approximate surface area is 167 Å². The number of fused-ring (bicyclic) bond motifs is 1. The number of benzene rings is 1. The topological polar surface area (TPSA) is 104 Å². The molecule has 0 amide bonds. The van der Waals surface area contributed by atoms with Crippen LogP contribution in [0.1, 0.15) is 57.8 Å². The number of methoxy groups -OCH3 is 1. The van der Waals surface area contributed by atoms with Gasteiger partial charge in [0.1, 0.15) is 17.1 Å². The van der Waals surface area contributed by atoms with Gasteiger partial charge >= 0.3 is 11.9 Å². The zero-order chi connectivity index (χ0) is 20.5. The third kappa shape index (κ3) is 3.35. The van der Waals surface area contributed by atoms with Crippen LogP contribution in [0.3, 0.4) is 0 Å². The Morgan fingerprint density at radius 1 is 1.03 bits per heavy atom. The molecule has 0 N–H and O–H groups in total. The zero-order valence-electron chi connectivity index (χ0n) is 16.5. The summed E-state index contributed by atoms with van der Waals surface area (Å²) in [5, 5.41) is 7.84. The van der Waals surface area contributed by atoms with Crippen molar-refractivity contribution in [3.63, 3.8) is 0 Å². The number of hydrogen-bond acceptors (Lipinski definition) is 8. The van der Waals surface area contributed by atoms with Gasteiger partial charge in [-0.05, 0) is 55.9 Å². The van der Waals surface area contributed by atoms with Crippen LogP contribution in [0.2, 0.25) is 0 Å². The summed E-state index contributed by atoms with van der Waals surface area (Å²) in [5.74, 6) is -1.09. The van der Waals surface area contributed by atoms with Crippen LogP contribution < -0.4 is 0 Å². The molecule has 29 heavy (non-hydrogen) atoms. The molecule has 0 atom stereocenters. The van der Waals surface area contributed by atoms with Crippen molar-refractivity contribution in [1.82, 2.24) is 15.3 Å². The first-order valence-electron chi connectivity index (χ1n) is 9.53. The van der Waals surface area contributed by atoms with Crippen molar-refractivity contribution >= 4 is 23.0 Å². The fourth-order valence-electron chi connectivity index (χ4n) is 3.95. The Morgan fingerprint density at radius 2 is 1.72 bits per heavy atom. The van der Waals surface area contributed by atoms with Crippen molar-refractivity contribution in [2.24, 2.45) is 0 Å². The molecule has 0 radical (unpaired) electrons. The Bertz CT molecular complexity index is 1100. The van der Waals surface area contributed by atoms with Crippen molar-refractivity contribution in [2.45, 2.75) is 45.6 Å². The third-order valence-corrected chi connectivity index (χ3v) is 5.28. The van der Waals surface area contributed by atoms with Gasteiger partial charge in [-0.15, -0.1) is 0 Å². The minimum atomic E-state index is -0.589. The third-order valence-electron chi connectivity index (χ3n) is 5.28. The highest BCUT2D eigenvalue weighted by molar-refractivity contribution is 6.10. The van der Waals surface area contributed by atoms with Gasteiger partial charge < -0.3 is 9.47 Å². The number of carbonyl (C=O) groups is 2. The number of ether oxygens (including phenoxy) is 2. The summed E-state index contributed by atoms with van der Waals surface area (Å²) >= 11 is 0. The standard InChI is InChI=1S/C21H21N3O5/c1-11-16(20(25)27-3)18(14-9-6-10-15-19(14)24-29-23-15)17(12(2)22-11)21(26)28-13-7-4-5-8-13/h6,9-10,13H,4-5,7-8H2,1-3H3. The predicted molar refractivity (Wildman–Crippen MR) is 104 cm³/mol. The molecule has 8 nitrogen and oxygen atoms in total. The highest BCUT2D eigenvalue weighted by Gasteiger charge is 2.31. The number of aromatic nitrogens is 3. The molecule has 150 valence electrons. The average molecular weight is 395 g/mol. The monoisotopic (exact) mass is 395 g/mol. The van der Waals surface area contributed by atoms with Crippen LogP contribution in [0.25, 0.3) is 22.2 Å². The lowest BCUT2D eigenvalue weighted by Crippen LogP contribution is -2.20. The maximum Gasteiger partial charge on any atom is 0.340 e. The van der Waals surface area contributed by atoms with Crippen LogP contribution in [0.5, 0.6) is 0 Å². The maximum absolute atomic E-state index is 13.2. The van der Waals surface area contributed by atoms with E-state index in [1.165, 1.54) is 7.11 Å². The lowest BCUT2D eigenvalue weighted by Gasteiger charge is -2.19. The number of aryl methyl sites for hydroxylation is 2. The zero-order valence-corrected chi connectivity index (χ0v) is 16.5. The molecular weight excluding hydrogens is 374 g/mol. The van der Waals surface area contributed by atoms with Crippen LogP contribution in [-0.4, -0.2) is 40.4 Å². The molecule has 3 aromatic rings. The van der Waals surface area contributed by atoms with Gasteiger partial charge in [-0.1, -0.05) is 12.1 Å². The smallest absolute Gasteiger partial charge is 0.340 e. The number of rotatable bonds is 4. The van der Waals surface area contributed by atoms with E-state index in [2.05, 4.69) is 15.3 Å². The van der Waals surface area contributed by atoms with Gasteiger partial charge in [-0.3, -0.25) is 4.98 Å². The van der Waals surface area contributed by atoms with Crippen molar-refractivity contribution in [1.29, 1.82) is 0 Å². The van der Waals surface area contributed by atoms with Crippen molar-refractivity contribution in [2.75, 3.05) is 7.11 Å². The highest BCUT2D eigenvalue weighted by Crippen LogP contribution is 2.36. The Hall–Kier alpha value is -3.29. The van der Waals surface area contributed by atoms with Crippen LogP contribution >= 0.6 is 0 Å². The normalized spacial score (nSPS) is 14.3. The first-order valence-corrected chi connectivity index (χ1v) is 9.53. The quantitative estimate of drug-likeness (QED) is 0.615. The molecule has 0 aliphatic heterocycles. The average Bonchev–Trinajstić information content (AvgIpc) is 3.38. The van der Waals surface area contributed by atoms with E-state index in [4.69, 9.17) is 14.1 Å². The minimum absolute atomic E-state index is 0.123. The van der Waals surface area contributed by atoms with Crippen molar-refractivity contribution < 1.29 is 23.7 Å². The van der Waals surface area contributed by atoms with Gasteiger partial charge in [0.25, 0.3) is 0 Å². The highest BCUT2D eigenvalue weighted by atomic mass is 16.6. The molecule has 1 aliphatic carbocycles. The Kier molecular flexibility index (Phi) is 5.00. The maximum atomic E-state index is 13.2. The van der Waals surface area contributed by atoms with Crippen molar-refractivity contribution in [3.05, 3.63) is 40.7 Å². The molecule has 1 saturated carbocycles. The van der Waals surface area contributed by atoms with E-state index >= 15 is 0 Å². The van der Waals surface area contributed by atoms with E-state index in [0.717, 1.165) is 25.7 Å². The molecule has 1 aliphatic rings. The second-order valence-electron chi connectivity index (χ2n) is 7.15. The molecule has 4 rings (SSSR count). The molecule has 2 heterocycles. The summed E-state index contributed by atoms with van der Waals surface area (Å²) in [6.45, 7) is 3.43. The lowest BCUT2D eigenvalue weighted by molar-refractivity contribution is 0.0317.